The standard InChI is InChI=1S/C14H18N2O.ClH/c1-2-17-13-8-7-10-5-3-4-6-11(10)14(13)12(16)9-15;/h3-8,12H,2,9,15-16H2,1H3;1H/t12-;/m0./s1. The zero-order valence-corrected chi connectivity index (χ0v) is 11.2. The van der Waals surface area contributed by atoms with E-state index in [0.717, 1.165) is 22.1 Å². The highest BCUT2D eigenvalue weighted by atomic mass is 35.5. The van der Waals surface area contributed by atoms with Crippen LogP contribution in [0.15, 0.2) is 36.4 Å². The molecule has 0 fully saturated rings. The summed E-state index contributed by atoms with van der Waals surface area (Å²) in [6.07, 6.45) is 0. The van der Waals surface area contributed by atoms with Gasteiger partial charge in [0.1, 0.15) is 5.75 Å². The van der Waals surface area contributed by atoms with Crippen LogP contribution in [0.5, 0.6) is 5.75 Å². The molecule has 98 valence electrons. The van der Waals surface area contributed by atoms with Gasteiger partial charge in [0.05, 0.1) is 6.61 Å². The number of hydrogen-bond donors (Lipinski definition) is 2. The van der Waals surface area contributed by atoms with Gasteiger partial charge in [-0.25, -0.2) is 0 Å². The Labute approximate surface area is 114 Å². The molecule has 0 aliphatic heterocycles. The van der Waals surface area contributed by atoms with Gasteiger partial charge in [-0.05, 0) is 23.8 Å². The van der Waals surface area contributed by atoms with E-state index in [1.165, 1.54) is 0 Å². The van der Waals surface area contributed by atoms with Crippen LogP contribution in [0, 0.1) is 0 Å². The van der Waals surface area contributed by atoms with Crippen molar-refractivity contribution in [3.05, 3.63) is 42.0 Å². The van der Waals surface area contributed by atoms with Crippen molar-refractivity contribution in [1.29, 1.82) is 0 Å². The van der Waals surface area contributed by atoms with Crippen molar-refractivity contribution in [2.24, 2.45) is 11.5 Å². The van der Waals surface area contributed by atoms with Gasteiger partial charge in [0, 0.05) is 18.2 Å². The number of benzene rings is 2. The van der Waals surface area contributed by atoms with Crippen molar-refractivity contribution in [1.82, 2.24) is 0 Å². The zero-order chi connectivity index (χ0) is 12.3. The summed E-state index contributed by atoms with van der Waals surface area (Å²) >= 11 is 0. The van der Waals surface area contributed by atoms with Crippen molar-refractivity contribution < 1.29 is 4.74 Å². The van der Waals surface area contributed by atoms with Gasteiger partial charge in [0.25, 0.3) is 0 Å². The van der Waals surface area contributed by atoms with Crippen LogP contribution in [0.3, 0.4) is 0 Å². The van der Waals surface area contributed by atoms with Crippen molar-refractivity contribution in [2.45, 2.75) is 13.0 Å². The van der Waals surface area contributed by atoms with E-state index in [-0.39, 0.29) is 18.4 Å². The quantitative estimate of drug-likeness (QED) is 0.894. The van der Waals surface area contributed by atoms with Crippen LogP contribution >= 0.6 is 12.4 Å². The number of hydrogen-bond acceptors (Lipinski definition) is 3. The van der Waals surface area contributed by atoms with Gasteiger partial charge < -0.3 is 16.2 Å². The Morgan fingerprint density at radius 3 is 2.56 bits per heavy atom. The molecular weight excluding hydrogens is 248 g/mol. The highest BCUT2D eigenvalue weighted by Crippen LogP contribution is 2.31. The Balaban J connectivity index is 0.00000162. The minimum Gasteiger partial charge on any atom is -0.494 e. The molecule has 0 radical (unpaired) electrons. The van der Waals surface area contributed by atoms with E-state index >= 15 is 0 Å². The first kappa shape index (κ1) is 14.8. The second kappa shape index (κ2) is 6.59. The van der Waals surface area contributed by atoms with Crippen LogP contribution in [0.25, 0.3) is 10.8 Å². The molecule has 2 aromatic rings. The minimum atomic E-state index is -0.192. The number of rotatable bonds is 4. The molecule has 1 atom stereocenters. The lowest BCUT2D eigenvalue weighted by Crippen LogP contribution is -2.21. The molecule has 0 spiro atoms. The summed E-state index contributed by atoms with van der Waals surface area (Å²) in [7, 11) is 0. The molecule has 0 saturated carbocycles. The highest BCUT2D eigenvalue weighted by Gasteiger charge is 2.14. The molecule has 0 aromatic heterocycles. The molecule has 0 aliphatic rings. The maximum absolute atomic E-state index is 6.09. The van der Waals surface area contributed by atoms with Gasteiger partial charge >= 0.3 is 0 Å². The minimum absolute atomic E-state index is 0. The molecule has 2 rings (SSSR count). The van der Waals surface area contributed by atoms with Crippen molar-refractivity contribution >= 4 is 23.2 Å². The highest BCUT2D eigenvalue weighted by molar-refractivity contribution is 5.88. The Kier molecular flexibility index (Phi) is 5.41. The molecule has 18 heavy (non-hydrogen) atoms. The fourth-order valence-corrected chi connectivity index (χ4v) is 2.06. The summed E-state index contributed by atoms with van der Waals surface area (Å²) in [6, 6.07) is 12.0. The molecule has 4 heteroatoms. The van der Waals surface area contributed by atoms with E-state index in [2.05, 4.69) is 12.1 Å². The van der Waals surface area contributed by atoms with Crippen molar-refractivity contribution in [3.63, 3.8) is 0 Å². The normalized spacial score (nSPS) is 11.9. The van der Waals surface area contributed by atoms with Crippen LogP contribution in [0.1, 0.15) is 18.5 Å². The molecular formula is C14H19ClN2O. The molecule has 4 N–H and O–H groups in total. The van der Waals surface area contributed by atoms with E-state index in [9.17, 15) is 0 Å². The summed E-state index contributed by atoms with van der Waals surface area (Å²) in [6.45, 7) is 3.00. The smallest absolute Gasteiger partial charge is 0.124 e. The molecule has 0 saturated heterocycles. The predicted molar refractivity (Wildman–Crippen MR) is 78.3 cm³/mol. The third-order valence-electron chi connectivity index (χ3n) is 2.86. The topological polar surface area (TPSA) is 61.3 Å². The fraction of sp³-hybridized carbons (Fsp3) is 0.286. The average Bonchev–Trinajstić information content (AvgIpc) is 2.38. The Morgan fingerprint density at radius 1 is 1.17 bits per heavy atom. The number of halogens is 1. The summed E-state index contributed by atoms with van der Waals surface area (Å²) < 4.78 is 5.63. The number of fused-ring (bicyclic) bond motifs is 1. The summed E-state index contributed by atoms with van der Waals surface area (Å²) in [4.78, 5) is 0. The lowest BCUT2D eigenvalue weighted by molar-refractivity contribution is 0.335. The monoisotopic (exact) mass is 266 g/mol. The number of ether oxygens (including phenoxy) is 1. The molecule has 0 bridgehead atoms. The first-order valence-corrected chi connectivity index (χ1v) is 5.88. The molecule has 3 nitrogen and oxygen atoms in total. The van der Waals surface area contributed by atoms with Gasteiger partial charge in [0.2, 0.25) is 0 Å². The molecule has 0 unspecified atom stereocenters. The lowest BCUT2D eigenvalue weighted by atomic mass is 9.98. The summed E-state index contributed by atoms with van der Waals surface area (Å²) in [5.41, 5.74) is 12.8. The van der Waals surface area contributed by atoms with Gasteiger partial charge in [-0.2, -0.15) is 0 Å². The van der Waals surface area contributed by atoms with E-state index in [1.54, 1.807) is 0 Å². The van der Waals surface area contributed by atoms with Gasteiger partial charge in [-0.15, -0.1) is 12.4 Å². The number of nitrogens with two attached hydrogens (primary N) is 2. The van der Waals surface area contributed by atoms with Crippen LogP contribution in [-0.4, -0.2) is 13.2 Å². The summed E-state index contributed by atoms with van der Waals surface area (Å²) in [5, 5.41) is 2.28. The van der Waals surface area contributed by atoms with Crippen molar-refractivity contribution in [3.8, 4) is 5.75 Å². The van der Waals surface area contributed by atoms with E-state index in [0.29, 0.717) is 13.2 Å². The average molecular weight is 267 g/mol. The van der Waals surface area contributed by atoms with Crippen molar-refractivity contribution in [2.75, 3.05) is 13.2 Å². The molecule has 2 aromatic carbocycles. The fourth-order valence-electron chi connectivity index (χ4n) is 2.06. The maximum Gasteiger partial charge on any atom is 0.124 e. The Bertz CT molecular complexity index is 516. The SMILES string of the molecule is CCOc1ccc2ccccc2c1[C@@H](N)CN.Cl. The Hall–Kier alpha value is -1.29. The first-order valence-electron chi connectivity index (χ1n) is 5.88. The van der Waals surface area contributed by atoms with Crippen LogP contribution in [0.2, 0.25) is 0 Å². The predicted octanol–water partition coefficient (Wildman–Crippen LogP) is 2.62. The lowest BCUT2D eigenvalue weighted by Gasteiger charge is -2.17. The third kappa shape index (κ3) is 2.75. The molecule has 0 heterocycles. The van der Waals surface area contributed by atoms with Gasteiger partial charge in [-0.3, -0.25) is 0 Å². The molecule has 0 amide bonds. The van der Waals surface area contributed by atoms with E-state index in [1.807, 2.05) is 31.2 Å². The van der Waals surface area contributed by atoms with Crippen LogP contribution in [-0.2, 0) is 0 Å². The zero-order valence-electron chi connectivity index (χ0n) is 10.4. The van der Waals surface area contributed by atoms with Gasteiger partial charge in [0.15, 0.2) is 0 Å². The largest absolute Gasteiger partial charge is 0.494 e. The van der Waals surface area contributed by atoms with E-state index < -0.39 is 0 Å². The third-order valence-corrected chi connectivity index (χ3v) is 2.86. The second-order valence-corrected chi connectivity index (χ2v) is 3.97. The maximum atomic E-state index is 6.09. The van der Waals surface area contributed by atoms with E-state index in [4.69, 9.17) is 16.2 Å². The first-order chi connectivity index (χ1) is 8.27. The molecule has 0 aliphatic carbocycles. The second-order valence-electron chi connectivity index (χ2n) is 3.97. The van der Waals surface area contributed by atoms with Gasteiger partial charge in [-0.1, -0.05) is 30.3 Å². The van der Waals surface area contributed by atoms with Crippen LogP contribution in [0.4, 0.5) is 0 Å². The Morgan fingerprint density at radius 2 is 1.89 bits per heavy atom. The summed E-state index contributed by atoms with van der Waals surface area (Å²) in [5.74, 6) is 0.837. The van der Waals surface area contributed by atoms with Crippen LogP contribution < -0.4 is 16.2 Å².